The predicted molar refractivity (Wildman–Crippen MR) is 169 cm³/mol. The van der Waals surface area contributed by atoms with Gasteiger partial charge in [-0.2, -0.15) is 0 Å². The number of nitrogens with zero attached hydrogens (tertiary/aromatic N) is 2. The maximum absolute atomic E-state index is 12.9. The Bertz CT molecular complexity index is 1440. The lowest BCUT2D eigenvalue weighted by Gasteiger charge is -2.13. The zero-order chi connectivity index (χ0) is 29.0. The van der Waals surface area contributed by atoms with Crippen LogP contribution in [0.1, 0.15) is 50.8 Å². The second kappa shape index (κ2) is 15.5. The number of hydrogen-bond donors (Lipinski definition) is 1. The first-order valence-corrected chi connectivity index (χ1v) is 15.7. The molecule has 8 heteroatoms. The summed E-state index contributed by atoms with van der Waals surface area (Å²) in [6.45, 7) is 5.87. The zero-order valence-corrected chi connectivity index (χ0v) is 25.1. The van der Waals surface area contributed by atoms with Crippen molar-refractivity contribution in [3.05, 3.63) is 102 Å². The maximum atomic E-state index is 12.9. The van der Waals surface area contributed by atoms with Crippen molar-refractivity contribution < 1.29 is 14.1 Å². The SMILES string of the molecule is CCCCOc1ccc(-c2ccc(Cl)c(/C=C/C(=O)Nc3ccc([S@@+]([O-])Cc4cncn4CCCC)cc3)c2)cc1. The lowest BCUT2D eigenvalue weighted by molar-refractivity contribution is -0.111. The highest BCUT2D eigenvalue weighted by Crippen LogP contribution is 2.28. The molecule has 214 valence electrons. The van der Waals surface area contributed by atoms with E-state index in [1.54, 1.807) is 42.9 Å². The van der Waals surface area contributed by atoms with Gasteiger partial charge in [0.1, 0.15) is 5.75 Å². The molecule has 1 N–H and O–H groups in total. The van der Waals surface area contributed by atoms with Gasteiger partial charge in [-0.3, -0.25) is 4.79 Å². The standard InChI is InChI=1S/C33H36ClN3O3S/c1-3-5-19-37-24-35-22-29(37)23-41(39)31-15-11-28(12-16-31)36-33(38)18-10-27-21-26(9-17-32(27)34)25-7-13-30(14-8-25)40-20-6-4-2/h7-18,21-22,24H,3-6,19-20,23H2,1-2H3,(H,36,38)/b18-10+/t41-/m0/s1. The second-order valence-corrected chi connectivity index (χ2v) is 11.6. The quantitative estimate of drug-likeness (QED) is 0.0914. The molecule has 0 bridgehead atoms. The van der Waals surface area contributed by atoms with Crippen LogP contribution in [0.2, 0.25) is 5.02 Å². The molecule has 0 fully saturated rings. The minimum Gasteiger partial charge on any atom is -0.611 e. The number of halogens is 1. The molecule has 0 saturated heterocycles. The second-order valence-electron chi connectivity index (χ2n) is 9.73. The van der Waals surface area contributed by atoms with Crippen LogP contribution in [0.3, 0.4) is 0 Å². The smallest absolute Gasteiger partial charge is 0.248 e. The maximum Gasteiger partial charge on any atom is 0.248 e. The number of nitrogens with one attached hydrogen (secondary N) is 1. The first-order valence-electron chi connectivity index (χ1n) is 14.0. The molecule has 6 nitrogen and oxygen atoms in total. The van der Waals surface area contributed by atoms with E-state index in [1.807, 2.05) is 42.5 Å². The van der Waals surface area contributed by atoms with Crippen LogP contribution >= 0.6 is 11.6 Å². The average Bonchev–Trinajstić information content (AvgIpc) is 3.43. The van der Waals surface area contributed by atoms with Gasteiger partial charge in [0.25, 0.3) is 0 Å². The molecule has 3 aromatic carbocycles. The van der Waals surface area contributed by atoms with Crippen LogP contribution in [-0.2, 0) is 28.3 Å². The van der Waals surface area contributed by atoms with E-state index in [9.17, 15) is 9.35 Å². The van der Waals surface area contributed by atoms with Gasteiger partial charge >= 0.3 is 0 Å². The van der Waals surface area contributed by atoms with Gasteiger partial charge in [0, 0.05) is 23.3 Å². The van der Waals surface area contributed by atoms with Crippen LogP contribution < -0.4 is 10.1 Å². The van der Waals surface area contributed by atoms with Gasteiger partial charge in [-0.15, -0.1) is 0 Å². The highest BCUT2D eigenvalue weighted by Gasteiger charge is 2.15. The number of aromatic nitrogens is 2. The Morgan fingerprint density at radius 3 is 2.49 bits per heavy atom. The molecule has 4 rings (SSSR count). The lowest BCUT2D eigenvalue weighted by atomic mass is 10.0. The van der Waals surface area contributed by atoms with Crippen LogP contribution in [0, 0.1) is 0 Å². The molecule has 1 heterocycles. The van der Waals surface area contributed by atoms with Crippen molar-refractivity contribution in [3.8, 4) is 16.9 Å². The molecule has 0 aliphatic heterocycles. The molecule has 1 amide bonds. The number of ether oxygens (including phenoxy) is 1. The molecule has 4 aromatic rings. The number of amides is 1. The van der Waals surface area contributed by atoms with Crippen LogP contribution in [0.4, 0.5) is 5.69 Å². The van der Waals surface area contributed by atoms with Crippen molar-refractivity contribution in [2.24, 2.45) is 0 Å². The Hall–Kier alpha value is -3.52. The van der Waals surface area contributed by atoms with Crippen LogP contribution in [0.5, 0.6) is 5.75 Å². The summed E-state index contributed by atoms with van der Waals surface area (Å²) in [4.78, 5) is 17.5. The number of rotatable bonds is 14. The van der Waals surface area contributed by atoms with Crippen LogP contribution in [0.25, 0.3) is 17.2 Å². The van der Waals surface area contributed by atoms with Crippen molar-refractivity contribution in [1.82, 2.24) is 9.55 Å². The van der Waals surface area contributed by atoms with E-state index >= 15 is 0 Å². The average molecular weight is 590 g/mol. The van der Waals surface area contributed by atoms with Gasteiger partial charge < -0.3 is 19.2 Å². The highest BCUT2D eigenvalue weighted by molar-refractivity contribution is 7.90. The summed E-state index contributed by atoms with van der Waals surface area (Å²) in [5.74, 6) is 0.963. The molecule has 0 aliphatic rings. The molecule has 0 radical (unpaired) electrons. The summed E-state index contributed by atoms with van der Waals surface area (Å²) in [5, 5.41) is 3.41. The Balaban J connectivity index is 1.34. The summed E-state index contributed by atoms with van der Waals surface area (Å²) in [6.07, 6.45) is 11.0. The third-order valence-electron chi connectivity index (χ3n) is 6.58. The molecule has 1 aromatic heterocycles. The van der Waals surface area contributed by atoms with Crippen molar-refractivity contribution in [2.45, 2.75) is 56.7 Å². The van der Waals surface area contributed by atoms with Crippen molar-refractivity contribution in [2.75, 3.05) is 11.9 Å². The summed E-state index contributed by atoms with van der Waals surface area (Å²) >= 11 is 5.21. The van der Waals surface area contributed by atoms with Gasteiger partial charge in [-0.05, 0) is 95.3 Å². The van der Waals surface area contributed by atoms with Gasteiger partial charge in [0.15, 0.2) is 10.6 Å². The van der Waals surface area contributed by atoms with Crippen LogP contribution in [0.15, 0.2) is 90.2 Å². The molecule has 0 saturated carbocycles. The van der Waals surface area contributed by atoms with E-state index in [1.165, 1.54) is 6.08 Å². The van der Waals surface area contributed by atoms with E-state index in [-0.39, 0.29) is 5.91 Å². The van der Waals surface area contributed by atoms with Crippen molar-refractivity contribution in [1.29, 1.82) is 0 Å². The van der Waals surface area contributed by atoms with E-state index < -0.39 is 11.2 Å². The summed E-state index contributed by atoms with van der Waals surface area (Å²) in [7, 11) is 0. The first-order chi connectivity index (χ1) is 20.0. The number of anilines is 1. The number of imidazole rings is 1. The summed E-state index contributed by atoms with van der Waals surface area (Å²) < 4.78 is 20.7. The first kappa shape index (κ1) is 30.4. The van der Waals surface area contributed by atoms with Gasteiger partial charge in [-0.1, -0.05) is 56.5 Å². The van der Waals surface area contributed by atoms with Gasteiger partial charge in [0.2, 0.25) is 5.91 Å². The molecule has 1 atom stereocenters. The molecular weight excluding hydrogens is 554 g/mol. The lowest BCUT2D eigenvalue weighted by Crippen LogP contribution is -2.11. The zero-order valence-electron chi connectivity index (χ0n) is 23.5. The van der Waals surface area contributed by atoms with Gasteiger partial charge in [-0.25, -0.2) is 4.98 Å². The van der Waals surface area contributed by atoms with Crippen molar-refractivity contribution >= 4 is 40.4 Å². The molecule has 0 unspecified atom stereocenters. The summed E-state index contributed by atoms with van der Waals surface area (Å²) in [5.41, 5.74) is 4.34. The van der Waals surface area contributed by atoms with E-state index in [0.29, 0.717) is 28.0 Å². The van der Waals surface area contributed by atoms with Crippen molar-refractivity contribution in [3.63, 3.8) is 0 Å². The fourth-order valence-electron chi connectivity index (χ4n) is 4.18. The minimum atomic E-state index is -1.21. The Labute approximate surface area is 250 Å². The normalized spacial score (nSPS) is 12.0. The number of hydrogen-bond acceptors (Lipinski definition) is 4. The number of aryl methyl sites for hydroxylation is 1. The molecule has 0 aliphatic carbocycles. The van der Waals surface area contributed by atoms with E-state index in [4.69, 9.17) is 16.3 Å². The Morgan fingerprint density at radius 1 is 1.02 bits per heavy atom. The molecule has 41 heavy (non-hydrogen) atoms. The largest absolute Gasteiger partial charge is 0.611 e. The number of carbonyl (C=O) groups excluding carboxylic acids is 1. The topological polar surface area (TPSA) is 79.2 Å². The Kier molecular flexibility index (Phi) is 11.5. The predicted octanol–water partition coefficient (Wildman–Crippen LogP) is 8.14. The third-order valence-corrected chi connectivity index (χ3v) is 8.28. The van der Waals surface area contributed by atoms with Gasteiger partial charge in [0.05, 0.1) is 24.8 Å². The fourth-order valence-corrected chi connectivity index (χ4v) is 5.48. The van der Waals surface area contributed by atoms with E-state index in [0.717, 1.165) is 60.4 Å². The molecular formula is C33H36ClN3O3S. The number of unbranched alkanes of at least 4 members (excludes halogenated alkanes) is 2. The molecule has 0 spiro atoms. The highest BCUT2D eigenvalue weighted by atomic mass is 35.5. The third kappa shape index (κ3) is 8.98. The Morgan fingerprint density at radius 2 is 1.76 bits per heavy atom. The summed E-state index contributed by atoms with van der Waals surface area (Å²) in [6, 6.07) is 20.8. The number of benzene rings is 3. The number of carbonyl (C=O) groups is 1. The minimum absolute atomic E-state index is 0.284. The monoisotopic (exact) mass is 589 g/mol. The van der Waals surface area contributed by atoms with E-state index in [2.05, 4.69) is 28.7 Å². The fraction of sp³-hybridized carbons (Fsp3) is 0.273. The van der Waals surface area contributed by atoms with Crippen LogP contribution in [-0.4, -0.2) is 26.6 Å².